The van der Waals surface area contributed by atoms with Gasteiger partial charge in [0.05, 0.1) is 18.5 Å². The van der Waals surface area contributed by atoms with E-state index < -0.39 is 0 Å². The first-order chi connectivity index (χ1) is 10.1. The van der Waals surface area contributed by atoms with Gasteiger partial charge in [-0.15, -0.1) is 0 Å². The van der Waals surface area contributed by atoms with Gasteiger partial charge in [-0.05, 0) is 57.6 Å². The summed E-state index contributed by atoms with van der Waals surface area (Å²) in [5, 5.41) is 0. The molecule has 0 bridgehead atoms. The fraction of sp³-hybridized carbons (Fsp3) is 0.471. The van der Waals surface area contributed by atoms with Gasteiger partial charge in [-0.2, -0.15) is 0 Å². The fourth-order valence-corrected chi connectivity index (χ4v) is 3.12. The van der Waals surface area contributed by atoms with Crippen molar-refractivity contribution in [2.75, 3.05) is 20.7 Å². The predicted octanol–water partition coefficient (Wildman–Crippen LogP) is 3.01. The minimum absolute atomic E-state index is 0.929. The summed E-state index contributed by atoms with van der Waals surface area (Å²) in [7, 11) is 3.89. The van der Waals surface area contributed by atoms with Crippen molar-refractivity contribution in [2.24, 2.45) is 0 Å². The number of hydrogen-bond donors (Lipinski definition) is 0. The molecular weight excluding hydrogens is 262 g/mol. The number of methoxy groups -OCH3 is 1. The molecule has 4 nitrogen and oxygen atoms in total. The van der Waals surface area contributed by atoms with Crippen LogP contribution in [0.2, 0.25) is 0 Å². The second kappa shape index (κ2) is 5.53. The Hall–Kier alpha value is -1.81. The zero-order valence-corrected chi connectivity index (χ0v) is 13.3. The molecule has 3 rings (SSSR count). The summed E-state index contributed by atoms with van der Waals surface area (Å²) in [5.74, 6) is 2.02. The number of fused-ring (bicyclic) bond motifs is 1. The summed E-state index contributed by atoms with van der Waals surface area (Å²) in [6.45, 7) is 7.36. The lowest BCUT2D eigenvalue weighted by molar-refractivity contribution is 0.331. The van der Waals surface area contributed by atoms with Crippen molar-refractivity contribution in [3.8, 4) is 17.1 Å². The van der Waals surface area contributed by atoms with Crippen molar-refractivity contribution in [1.82, 2.24) is 14.5 Å². The van der Waals surface area contributed by atoms with Gasteiger partial charge in [0.25, 0.3) is 0 Å². The molecule has 0 fully saturated rings. The average molecular weight is 285 g/mol. The van der Waals surface area contributed by atoms with Crippen molar-refractivity contribution in [3.63, 3.8) is 0 Å². The fourth-order valence-electron chi connectivity index (χ4n) is 3.12. The molecule has 0 radical (unpaired) electrons. The Morgan fingerprint density at radius 3 is 2.71 bits per heavy atom. The van der Waals surface area contributed by atoms with Gasteiger partial charge in [-0.1, -0.05) is 0 Å². The Kier molecular flexibility index (Phi) is 3.72. The van der Waals surface area contributed by atoms with Crippen molar-refractivity contribution in [1.29, 1.82) is 0 Å². The lowest BCUT2D eigenvalue weighted by atomic mass is 10.1. The predicted molar refractivity (Wildman–Crippen MR) is 84.6 cm³/mol. The van der Waals surface area contributed by atoms with Crippen LogP contribution in [-0.2, 0) is 13.1 Å². The maximum atomic E-state index is 5.35. The molecule has 0 N–H and O–H groups in total. The first-order valence-electron chi connectivity index (χ1n) is 7.49. The van der Waals surface area contributed by atoms with Crippen molar-refractivity contribution >= 4 is 0 Å². The molecule has 112 valence electrons. The van der Waals surface area contributed by atoms with E-state index in [0.29, 0.717) is 0 Å². The van der Waals surface area contributed by atoms with Crippen LogP contribution in [-0.4, -0.2) is 35.2 Å². The second-order valence-electron chi connectivity index (χ2n) is 5.89. The van der Waals surface area contributed by atoms with Gasteiger partial charge in [-0.3, -0.25) is 0 Å². The number of benzene rings is 1. The molecule has 0 atom stereocenters. The Labute approximate surface area is 126 Å². The third-order valence-corrected chi connectivity index (χ3v) is 4.27. The van der Waals surface area contributed by atoms with Crippen molar-refractivity contribution in [2.45, 2.75) is 33.4 Å². The molecule has 0 aliphatic carbocycles. The Morgan fingerprint density at radius 2 is 2.00 bits per heavy atom. The van der Waals surface area contributed by atoms with Crippen LogP contribution in [0.1, 0.15) is 23.4 Å². The second-order valence-corrected chi connectivity index (χ2v) is 5.89. The third-order valence-electron chi connectivity index (χ3n) is 4.27. The monoisotopic (exact) mass is 285 g/mol. The van der Waals surface area contributed by atoms with Gasteiger partial charge >= 0.3 is 0 Å². The van der Waals surface area contributed by atoms with Crippen LogP contribution in [0.4, 0.5) is 0 Å². The van der Waals surface area contributed by atoms with Crippen LogP contribution in [0, 0.1) is 13.8 Å². The summed E-state index contributed by atoms with van der Waals surface area (Å²) in [4.78, 5) is 7.20. The van der Waals surface area contributed by atoms with Gasteiger partial charge in [0.2, 0.25) is 0 Å². The van der Waals surface area contributed by atoms with Crippen LogP contribution < -0.4 is 4.74 Å². The van der Waals surface area contributed by atoms with Crippen LogP contribution in [0.15, 0.2) is 18.2 Å². The molecule has 0 saturated carbocycles. The van der Waals surface area contributed by atoms with Gasteiger partial charge in [0.15, 0.2) is 0 Å². The first kappa shape index (κ1) is 14.1. The topological polar surface area (TPSA) is 30.3 Å². The number of rotatable bonds is 2. The molecule has 1 aliphatic heterocycles. The quantitative estimate of drug-likeness (QED) is 0.849. The number of aromatic nitrogens is 2. The molecular formula is C17H23N3O. The highest BCUT2D eigenvalue weighted by molar-refractivity contribution is 5.60. The minimum atomic E-state index is 0.929. The van der Waals surface area contributed by atoms with E-state index in [1.807, 2.05) is 6.07 Å². The molecule has 2 heterocycles. The largest absolute Gasteiger partial charge is 0.496 e. The SMILES string of the molecule is COc1ccc(-c2nc(C)c3n2CCCN(C)C3)cc1C. The number of ether oxygens (including phenoxy) is 1. The summed E-state index contributed by atoms with van der Waals surface area (Å²) < 4.78 is 7.74. The Balaban J connectivity index is 2.07. The van der Waals surface area contributed by atoms with E-state index in [9.17, 15) is 0 Å². The minimum Gasteiger partial charge on any atom is -0.496 e. The molecule has 1 aromatic heterocycles. The van der Waals surface area contributed by atoms with Gasteiger partial charge in [0.1, 0.15) is 11.6 Å². The summed E-state index contributed by atoms with van der Waals surface area (Å²) >= 11 is 0. The maximum absolute atomic E-state index is 5.35. The van der Waals surface area contributed by atoms with Crippen LogP contribution in [0.3, 0.4) is 0 Å². The van der Waals surface area contributed by atoms with E-state index >= 15 is 0 Å². The molecule has 0 spiro atoms. The first-order valence-corrected chi connectivity index (χ1v) is 7.49. The van der Waals surface area contributed by atoms with Gasteiger partial charge < -0.3 is 14.2 Å². The van der Waals surface area contributed by atoms with Crippen LogP contribution >= 0.6 is 0 Å². The summed E-state index contributed by atoms with van der Waals surface area (Å²) in [6, 6.07) is 6.31. The average Bonchev–Trinajstić information content (AvgIpc) is 2.65. The molecule has 0 saturated heterocycles. The molecule has 1 aliphatic rings. The number of nitrogens with zero attached hydrogens (tertiary/aromatic N) is 3. The number of aryl methyl sites for hydroxylation is 2. The molecule has 0 unspecified atom stereocenters. The van der Waals surface area contributed by atoms with Gasteiger partial charge in [0, 0.05) is 18.7 Å². The Morgan fingerprint density at radius 1 is 1.19 bits per heavy atom. The van der Waals surface area contributed by atoms with Crippen molar-refractivity contribution < 1.29 is 4.74 Å². The lowest BCUT2D eigenvalue weighted by Gasteiger charge is -2.12. The highest BCUT2D eigenvalue weighted by Crippen LogP contribution is 2.29. The zero-order chi connectivity index (χ0) is 15.0. The zero-order valence-electron chi connectivity index (χ0n) is 13.3. The molecule has 0 amide bonds. The van der Waals surface area contributed by atoms with E-state index in [4.69, 9.17) is 9.72 Å². The smallest absolute Gasteiger partial charge is 0.140 e. The summed E-state index contributed by atoms with van der Waals surface area (Å²) in [5.41, 5.74) is 4.81. The van der Waals surface area contributed by atoms with E-state index in [0.717, 1.165) is 42.5 Å². The third kappa shape index (κ3) is 2.56. The maximum Gasteiger partial charge on any atom is 0.140 e. The number of hydrogen-bond acceptors (Lipinski definition) is 3. The summed E-state index contributed by atoms with van der Waals surface area (Å²) in [6.07, 6.45) is 1.17. The standard InChI is InChI=1S/C17H23N3O/c1-12-10-14(6-7-16(12)21-4)17-18-13(2)15-11-19(3)8-5-9-20(15)17/h6-7,10H,5,8-9,11H2,1-4H3. The molecule has 4 heteroatoms. The molecule has 1 aromatic carbocycles. The van der Waals surface area contributed by atoms with Crippen LogP contribution in [0.5, 0.6) is 5.75 Å². The number of imidazole rings is 1. The van der Waals surface area contributed by atoms with Gasteiger partial charge in [-0.25, -0.2) is 4.98 Å². The van der Waals surface area contributed by atoms with E-state index in [1.54, 1.807) is 7.11 Å². The van der Waals surface area contributed by atoms with Crippen LogP contribution in [0.25, 0.3) is 11.4 Å². The van der Waals surface area contributed by atoms with E-state index in [2.05, 4.69) is 42.5 Å². The normalized spacial score (nSPS) is 15.6. The molecule has 21 heavy (non-hydrogen) atoms. The molecule has 2 aromatic rings. The Bertz CT molecular complexity index is 660. The van der Waals surface area contributed by atoms with Crippen molar-refractivity contribution in [3.05, 3.63) is 35.2 Å². The lowest BCUT2D eigenvalue weighted by Crippen LogP contribution is -2.17. The van der Waals surface area contributed by atoms with E-state index in [-0.39, 0.29) is 0 Å². The highest BCUT2D eigenvalue weighted by Gasteiger charge is 2.20. The highest BCUT2D eigenvalue weighted by atomic mass is 16.5. The van der Waals surface area contributed by atoms with E-state index in [1.165, 1.54) is 17.7 Å².